The fourth-order valence-corrected chi connectivity index (χ4v) is 3.88. The molecule has 3 aromatic rings. The number of halogens is 2. The molecule has 0 radical (unpaired) electrons. The molecule has 2 heterocycles. The molecule has 3 rings (SSSR count). The van der Waals surface area contributed by atoms with Crippen molar-refractivity contribution in [1.29, 1.82) is 0 Å². The number of carbonyl (C=O) groups is 2. The molecule has 0 aliphatic heterocycles. The van der Waals surface area contributed by atoms with E-state index in [4.69, 9.17) is 0 Å². The van der Waals surface area contributed by atoms with Gasteiger partial charge >= 0.3 is 5.97 Å². The maximum atomic E-state index is 13.3. The molecule has 1 unspecified atom stereocenters. The maximum Gasteiger partial charge on any atom is 0.326 e. The number of thiophene rings is 1. The van der Waals surface area contributed by atoms with E-state index >= 15 is 0 Å². The molecule has 1 amide bonds. The summed E-state index contributed by atoms with van der Waals surface area (Å²) in [5.74, 6) is -2.01. The Bertz CT molecular complexity index is 995. The summed E-state index contributed by atoms with van der Waals surface area (Å²) in [5, 5.41) is 14.5. The molecule has 2 aromatic heterocycles. The molecule has 5 nitrogen and oxygen atoms in total. The van der Waals surface area contributed by atoms with E-state index in [9.17, 15) is 19.1 Å². The Kier molecular flexibility index (Phi) is 5.53. The molecule has 1 atom stereocenters. The molecule has 1 aromatic carbocycles. The fraction of sp³-hybridized carbons (Fsp3) is 0.111. The maximum absolute atomic E-state index is 13.3. The summed E-state index contributed by atoms with van der Waals surface area (Å²) in [7, 11) is 0. The van der Waals surface area contributed by atoms with Gasteiger partial charge in [-0.15, -0.1) is 11.3 Å². The van der Waals surface area contributed by atoms with Gasteiger partial charge in [0.05, 0.1) is 0 Å². The van der Waals surface area contributed by atoms with Crippen LogP contribution in [0.3, 0.4) is 0 Å². The van der Waals surface area contributed by atoms with Crippen LogP contribution in [-0.4, -0.2) is 28.0 Å². The smallest absolute Gasteiger partial charge is 0.326 e. The molecular weight excluding hydrogens is 423 g/mol. The summed E-state index contributed by atoms with van der Waals surface area (Å²) in [6.45, 7) is 0. The van der Waals surface area contributed by atoms with E-state index < -0.39 is 17.9 Å². The van der Waals surface area contributed by atoms with E-state index in [1.54, 1.807) is 18.3 Å². The topological polar surface area (TPSA) is 82.2 Å². The number of aromatic amines is 1. The number of fused-ring (bicyclic) bond motifs is 1. The second-order valence-corrected chi connectivity index (χ2v) is 7.47. The van der Waals surface area contributed by atoms with Crippen molar-refractivity contribution in [1.82, 2.24) is 10.3 Å². The van der Waals surface area contributed by atoms with E-state index in [0.29, 0.717) is 11.1 Å². The lowest BCUT2D eigenvalue weighted by Crippen LogP contribution is -2.41. The molecule has 0 aliphatic rings. The number of hydrogen-bond acceptors (Lipinski definition) is 3. The van der Waals surface area contributed by atoms with Gasteiger partial charge in [-0.2, -0.15) is 0 Å². The third-order valence-electron chi connectivity index (χ3n) is 3.75. The van der Waals surface area contributed by atoms with E-state index in [1.807, 2.05) is 11.4 Å². The van der Waals surface area contributed by atoms with Crippen LogP contribution in [0.25, 0.3) is 17.0 Å². The summed E-state index contributed by atoms with van der Waals surface area (Å²) < 4.78 is 14.2. The molecule has 0 saturated carbocycles. The zero-order chi connectivity index (χ0) is 18.7. The Hall–Kier alpha value is -2.45. The van der Waals surface area contributed by atoms with E-state index in [2.05, 4.69) is 26.2 Å². The van der Waals surface area contributed by atoms with Crippen molar-refractivity contribution in [2.24, 2.45) is 0 Å². The zero-order valence-corrected chi connectivity index (χ0v) is 15.7. The normalized spacial score (nSPS) is 12.5. The van der Waals surface area contributed by atoms with Gasteiger partial charge in [0.1, 0.15) is 11.9 Å². The Morgan fingerprint density at radius 1 is 1.38 bits per heavy atom. The number of amides is 1. The average molecular weight is 437 g/mol. The van der Waals surface area contributed by atoms with E-state index in [-0.39, 0.29) is 12.2 Å². The first-order chi connectivity index (χ1) is 12.4. The number of aromatic nitrogens is 1. The minimum atomic E-state index is -1.14. The highest BCUT2D eigenvalue weighted by molar-refractivity contribution is 9.10. The largest absolute Gasteiger partial charge is 0.480 e. The van der Waals surface area contributed by atoms with Crippen LogP contribution >= 0.6 is 27.3 Å². The highest BCUT2D eigenvalue weighted by Crippen LogP contribution is 2.22. The monoisotopic (exact) mass is 436 g/mol. The number of aliphatic carboxylic acids is 1. The quantitative estimate of drug-likeness (QED) is 0.511. The highest BCUT2D eigenvalue weighted by Gasteiger charge is 2.21. The second kappa shape index (κ2) is 7.84. The van der Waals surface area contributed by atoms with Gasteiger partial charge in [-0.05, 0) is 51.8 Å². The van der Waals surface area contributed by atoms with Crippen molar-refractivity contribution < 1.29 is 19.1 Å². The molecule has 3 N–H and O–H groups in total. The van der Waals surface area contributed by atoms with Crippen LogP contribution in [-0.2, 0) is 16.0 Å². The second-order valence-electron chi connectivity index (χ2n) is 5.61. The Morgan fingerprint density at radius 2 is 2.19 bits per heavy atom. The third-order valence-corrected chi connectivity index (χ3v) is 5.41. The number of H-pyrrole nitrogens is 1. The SMILES string of the molecule is O=C(/C=C\c1cc(Br)cs1)NC(Cc1c[nH]c2cc(F)ccc12)C(=O)O. The lowest BCUT2D eigenvalue weighted by molar-refractivity contribution is -0.141. The number of carbonyl (C=O) groups excluding carboxylic acids is 1. The Balaban J connectivity index is 1.71. The number of benzene rings is 1. The van der Waals surface area contributed by atoms with Crippen molar-refractivity contribution in [3.63, 3.8) is 0 Å². The van der Waals surface area contributed by atoms with E-state index in [0.717, 1.165) is 14.7 Å². The summed E-state index contributed by atoms with van der Waals surface area (Å²) in [4.78, 5) is 27.4. The van der Waals surface area contributed by atoms with Gasteiger partial charge in [0, 0.05) is 44.3 Å². The zero-order valence-electron chi connectivity index (χ0n) is 13.3. The molecule has 8 heteroatoms. The fourth-order valence-electron chi connectivity index (χ4n) is 2.54. The van der Waals surface area contributed by atoms with Crippen LogP contribution in [0.5, 0.6) is 0 Å². The predicted molar refractivity (Wildman–Crippen MR) is 103 cm³/mol. The predicted octanol–water partition coefficient (Wildman–Crippen LogP) is 3.96. The molecule has 134 valence electrons. The van der Waals surface area contributed by atoms with Crippen LogP contribution in [0.1, 0.15) is 10.4 Å². The molecule has 0 fully saturated rings. The number of carboxylic acid groups (broad SMARTS) is 1. The summed E-state index contributed by atoms with van der Waals surface area (Å²) in [6.07, 6.45) is 4.65. The van der Waals surface area contributed by atoms with Crippen LogP contribution < -0.4 is 5.32 Å². The van der Waals surface area contributed by atoms with Crippen molar-refractivity contribution in [3.8, 4) is 0 Å². The number of hydrogen-bond donors (Lipinski definition) is 3. The summed E-state index contributed by atoms with van der Waals surface area (Å²) >= 11 is 4.79. The van der Waals surface area contributed by atoms with Gasteiger partial charge in [-0.3, -0.25) is 4.79 Å². The van der Waals surface area contributed by atoms with Gasteiger partial charge in [-0.25, -0.2) is 9.18 Å². The first kappa shape index (κ1) is 18.3. The van der Waals surface area contributed by atoms with Gasteiger partial charge in [0.2, 0.25) is 5.91 Å². The van der Waals surface area contributed by atoms with Gasteiger partial charge in [-0.1, -0.05) is 0 Å². The van der Waals surface area contributed by atoms with Crippen LogP contribution in [0.4, 0.5) is 4.39 Å². The number of carboxylic acids is 1. The molecule has 26 heavy (non-hydrogen) atoms. The van der Waals surface area contributed by atoms with Crippen molar-refractivity contribution >= 4 is 56.1 Å². The molecule has 0 spiro atoms. The van der Waals surface area contributed by atoms with E-state index in [1.165, 1.54) is 29.5 Å². The molecular formula is C18H14BrFN2O3S. The lowest BCUT2D eigenvalue weighted by atomic mass is 10.0. The molecule has 0 saturated heterocycles. The van der Waals surface area contributed by atoms with Crippen LogP contribution in [0, 0.1) is 5.82 Å². The number of rotatable bonds is 6. The lowest BCUT2D eigenvalue weighted by Gasteiger charge is -2.12. The number of nitrogens with one attached hydrogen (secondary N) is 2. The standard InChI is InChI=1S/C18H14BrFN2O3S/c19-11-6-13(26-9-11)2-4-17(23)22-16(18(24)25)5-10-8-21-15-7-12(20)1-3-14(10)15/h1-4,6-9,16,21H,5H2,(H,22,23)(H,24,25)/b4-2-. The first-order valence-corrected chi connectivity index (χ1v) is 9.30. The van der Waals surface area contributed by atoms with Crippen molar-refractivity contribution in [2.75, 3.05) is 0 Å². The minimum Gasteiger partial charge on any atom is -0.480 e. The van der Waals surface area contributed by atoms with Gasteiger partial charge in [0.15, 0.2) is 0 Å². The van der Waals surface area contributed by atoms with Crippen LogP contribution in [0.15, 0.2) is 46.4 Å². The summed E-state index contributed by atoms with van der Waals surface area (Å²) in [6, 6.07) is 5.01. The summed E-state index contributed by atoms with van der Waals surface area (Å²) in [5.41, 5.74) is 1.28. The van der Waals surface area contributed by atoms with Crippen molar-refractivity contribution in [2.45, 2.75) is 12.5 Å². The molecule has 0 bridgehead atoms. The van der Waals surface area contributed by atoms with Gasteiger partial charge in [0.25, 0.3) is 0 Å². The Labute approximate surface area is 160 Å². The molecule has 0 aliphatic carbocycles. The van der Waals surface area contributed by atoms with Crippen molar-refractivity contribution in [3.05, 3.63) is 62.6 Å². The first-order valence-electron chi connectivity index (χ1n) is 7.63. The third kappa shape index (κ3) is 4.39. The highest BCUT2D eigenvalue weighted by atomic mass is 79.9. The van der Waals surface area contributed by atoms with Gasteiger partial charge < -0.3 is 15.4 Å². The average Bonchev–Trinajstić information content (AvgIpc) is 3.18. The minimum absolute atomic E-state index is 0.0884. The van der Waals surface area contributed by atoms with Crippen LogP contribution in [0.2, 0.25) is 0 Å². The Morgan fingerprint density at radius 3 is 2.88 bits per heavy atom.